The molecule has 3 aromatic rings. The fraction of sp³-hybridized carbons (Fsp3) is 0.348. The molecule has 1 aliphatic rings. The summed E-state index contributed by atoms with van der Waals surface area (Å²) in [7, 11) is 0. The summed E-state index contributed by atoms with van der Waals surface area (Å²) in [6.07, 6.45) is 2.03. The van der Waals surface area contributed by atoms with Crippen molar-refractivity contribution >= 4 is 16.9 Å². The lowest BCUT2D eigenvalue weighted by atomic mass is 9.92. The molecule has 1 fully saturated rings. The number of nitrogens with two attached hydrogens (primary N) is 1. The minimum Gasteiger partial charge on any atom is -0.489 e. The van der Waals surface area contributed by atoms with Gasteiger partial charge in [0, 0.05) is 30.1 Å². The smallest absolute Gasteiger partial charge is 0.290 e. The summed E-state index contributed by atoms with van der Waals surface area (Å²) in [4.78, 5) is 15.2. The molecular weight excluding hydrogens is 352 g/mol. The summed E-state index contributed by atoms with van der Waals surface area (Å²) < 4.78 is 11.9. The zero-order valence-corrected chi connectivity index (χ0v) is 16.1. The minimum atomic E-state index is -0.0757. The van der Waals surface area contributed by atoms with Crippen LogP contribution in [0.25, 0.3) is 11.0 Å². The van der Waals surface area contributed by atoms with Gasteiger partial charge in [0.05, 0.1) is 0 Å². The molecule has 0 aliphatic carbocycles. The number of nitrogens with zero attached hydrogens (tertiary/aromatic N) is 1. The van der Waals surface area contributed by atoms with Gasteiger partial charge in [-0.05, 0) is 43.9 Å². The van der Waals surface area contributed by atoms with Gasteiger partial charge >= 0.3 is 0 Å². The zero-order chi connectivity index (χ0) is 19.5. The molecule has 2 N–H and O–H groups in total. The maximum Gasteiger partial charge on any atom is 0.290 e. The second kappa shape index (κ2) is 8.07. The summed E-state index contributed by atoms with van der Waals surface area (Å²) in [5.41, 5.74) is 7.60. The Balaban J connectivity index is 1.63. The van der Waals surface area contributed by atoms with E-state index >= 15 is 0 Å². The van der Waals surface area contributed by atoms with Gasteiger partial charge in [-0.3, -0.25) is 4.79 Å². The number of carbonyl (C=O) groups excluding carboxylic acids is 1. The number of rotatable bonds is 5. The molecule has 5 heteroatoms. The highest BCUT2D eigenvalue weighted by Crippen LogP contribution is 2.30. The van der Waals surface area contributed by atoms with E-state index in [-0.39, 0.29) is 18.6 Å². The van der Waals surface area contributed by atoms with Crippen molar-refractivity contribution in [1.29, 1.82) is 0 Å². The number of hydrogen-bond acceptors (Lipinski definition) is 4. The van der Waals surface area contributed by atoms with E-state index in [2.05, 4.69) is 0 Å². The van der Waals surface area contributed by atoms with Crippen LogP contribution in [0, 0.1) is 5.92 Å². The van der Waals surface area contributed by atoms with E-state index in [1.54, 1.807) is 0 Å². The maximum absolute atomic E-state index is 13.3. The molecule has 1 aliphatic heterocycles. The first-order valence-electron chi connectivity index (χ1n) is 9.86. The van der Waals surface area contributed by atoms with Crippen molar-refractivity contribution in [3.05, 3.63) is 65.9 Å². The van der Waals surface area contributed by atoms with Crippen molar-refractivity contribution < 1.29 is 13.9 Å². The van der Waals surface area contributed by atoms with Gasteiger partial charge in [-0.1, -0.05) is 36.4 Å². The molecule has 2 heterocycles. The molecule has 28 heavy (non-hydrogen) atoms. The fourth-order valence-corrected chi connectivity index (χ4v) is 3.85. The highest BCUT2D eigenvalue weighted by molar-refractivity contribution is 5.99. The second-order valence-corrected chi connectivity index (χ2v) is 7.52. The zero-order valence-electron chi connectivity index (χ0n) is 16.1. The minimum absolute atomic E-state index is 0.0757. The van der Waals surface area contributed by atoms with Crippen LogP contribution in [0.3, 0.4) is 0 Å². The van der Waals surface area contributed by atoms with E-state index < -0.39 is 0 Å². The van der Waals surface area contributed by atoms with Crippen molar-refractivity contribution in [2.75, 3.05) is 13.1 Å². The number of fused-ring (bicyclic) bond motifs is 1. The van der Waals surface area contributed by atoms with Crippen molar-refractivity contribution in [3.63, 3.8) is 0 Å². The van der Waals surface area contributed by atoms with Gasteiger partial charge < -0.3 is 19.8 Å². The lowest BCUT2D eigenvalue weighted by Gasteiger charge is -2.34. The van der Waals surface area contributed by atoms with E-state index in [4.69, 9.17) is 14.9 Å². The standard InChI is InChI=1S/C23H26N2O3/c1-16(24)17-8-7-13-25(14-17)23(26)22-20(15-27-18-9-3-2-4-10-18)19-11-5-6-12-21(19)28-22/h2-6,9-12,16-17H,7-8,13-15,24H2,1H3. The average molecular weight is 378 g/mol. The first-order valence-corrected chi connectivity index (χ1v) is 9.86. The van der Waals surface area contributed by atoms with Crippen LogP contribution in [0.1, 0.15) is 35.9 Å². The van der Waals surface area contributed by atoms with Gasteiger partial charge in [-0.25, -0.2) is 0 Å². The third-order valence-corrected chi connectivity index (χ3v) is 5.51. The Morgan fingerprint density at radius 3 is 2.75 bits per heavy atom. The van der Waals surface area contributed by atoms with Crippen molar-refractivity contribution in [1.82, 2.24) is 4.90 Å². The van der Waals surface area contributed by atoms with Crippen molar-refractivity contribution in [3.8, 4) is 5.75 Å². The Morgan fingerprint density at radius 1 is 1.21 bits per heavy atom. The summed E-state index contributed by atoms with van der Waals surface area (Å²) in [6, 6.07) is 17.4. The maximum atomic E-state index is 13.3. The number of piperidine rings is 1. The van der Waals surface area contributed by atoms with Gasteiger partial charge in [-0.15, -0.1) is 0 Å². The third-order valence-electron chi connectivity index (χ3n) is 5.51. The van der Waals surface area contributed by atoms with Gasteiger partial charge in [-0.2, -0.15) is 0 Å². The summed E-state index contributed by atoms with van der Waals surface area (Å²) >= 11 is 0. The Hall–Kier alpha value is -2.79. The lowest BCUT2D eigenvalue weighted by molar-refractivity contribution is 0.0628. The topological polar surface area (TPSA) is 68.7 Å². The largest absolute Gasteiger partial charge is 0.489 e. The van der Waals surface area contributed by atoms with Crippen LogP contribution < -0.4 is 10.5 Å². The Bertz CT molecular complexity index is 949. The van der Waals surface area contributed by atoms with Crippen LogP contribution in [-0.2, 0) is 6.61 Å². The number of amides is 1. The Kier molecular flexibility index (Phi) is 5.35. The van der Waals surface area contributed by atoms with E-state index in [9.17, 15) is 4.79 Å². The van der Waals surface area contributed by atoms with Crippen LogP contribution in [0.2, 0.25) is 0 Å². The first kappa shape index (κ1) is 18.6. The quantitative estimate of drug-likeness (QED) is 0.722. The predicted molar refractivity (Wildman–Crippen MR) is 109 cm³/mol. The Labute approximate surface area is 165 Å². The third kappa shape index (κ3) is 3.76. The number of carbonyl (C=O) groups is 1. The highest BCUT2D eigenvalue weighted by atomic mass is 16.5. The normalized spacial score (nSPS) is 18.2. The molecule has 146 valence electrons. The lowest BCUT2D eigenvalue weighted by Crippen LogP contribution is -2.45. The number of para-hydroxylation sites is 2. The van der Waals surface area contributed by atoms with E-state index in [1.165, 1.54) is 0 Å². The molecule has 0 radical (unpaired) electrons. The number of benzene rings is 2. The van der Waals surface area contributed by atoms with Crippen LogP contribution in [-0.4, -0.2) is 29.9 Å². The average Bonchev–Trinajstić information content (AvgIpc) is 3.11. The highest BCUT2D eigenvalue weighted by Gasteiger charge is 2.30. The van der Waals surface area contributed by atoms with Crippen LogP contribution in [0.4, 0.5) is 0 Å². The van der Waals surface area contributed by atoms with E-state index in [1.807, 2.05) is 66.4 Å². The monoisotopic (exact) mass is 378 g/mol. The SMILES string of the molecule is CC(N)C1CCCN(C(=O)c2oc3ccccc3c2COc2ccccc2)C1. The van der Waals surface area contributed by atoms with Crippen LogP contribution in [0.5, 0.6) is 5.75 Å². The molecule has 1 saturated heterocycles. The number of hydrogen-bond donors (Lipinski definition) is 1. The van der Waals surface area contributed by atoms with Gasteiger partial charge in [0.1, 0.15) is 17.9 Å². The summed E-state index contributed by atoms with van der Waals surface area (Å²) in [6.45, 7) is 3.70. The molecule has 2 aromatic carbocycles. The first-order chi connectivity index (χ1) is 13.6. The van der Waals surface area contributed by atoms with Gasteiger partial charge in [0.2, 0.25) is 0 Å². The van der Waals surface area contributed by atoms with Gasteiger partial charge in [0.15, 0.2) is 5.76 Å². The molecule has 0 saturated carbocycles. The molecule has 0 spiro atoms. The number of likely N-dealkylation sites (tertiary alicyclic amines) is 1. The summed E-state index contributed by atoms with van der Waals surface area (Å²) in [5.74, 6) is 1.39. The van der Waals surface area contributed by atoms with E-state index in [0.29, 0.717) is 23.8 Å². The molecule has 0 bridgehead atoms. The van der Waals surface area contributed by atoms with Crippen LogP contribution in [0.15, 0.2) is 59.0 Å². The molecule has 2 atom stereocenters. The predicted octanol–water partition coefficient (Wildman–Crippen LogP) is 4.21. The molecule has 2 unspecified atom stereocenters. The molecule has 1 amide bonds. The van der Waals surface area contributed by atoms with Crippen molar-refractivity contribution in [2.45, 2.75) is 32.4 Å². The number of ether oxygens (including phenoxy) is 1. The second-order valence-electron chi connectivity index (χ2n) is 7.52. The molecule has 4 rings (SSSR count). The number of furan rings is 1. The van der Waals surface area contributed by atoms with Gasteiger partial charge in [0.25, 0.3) is 5.91 Å². The van der Waals surface area contributed by atoms with E-state index in [0.717, 1.165) is 36.1 Å². The molecule has 1 aromatic heterocycles. The molecule has 5 nitrogen and oxygen atoms in total. The Morgan fingerprint density at radius 2 is 1.96 bits per heavy atom. The van der Waals surface area contributed by atoms with Crippen LogP contribution >= 0.6 is 0 Å². The molecular formula is C23H26N2O3. The summed E-state index contributed by atoms with van der Waals surface area (Å²) in [5, 5.41) is 0.919. The fourth-order valence-electron chi connectivity index (χ4n) is 3.85. The van der Waals surface area contributed by atoms with Crippen molar-refractivity contribution in [2.24, 2.45) is 11.7 Å².